The number of likely N-dealkylation sites (tertiary alicyclic amines) is 1. The molecule has 0 saturated carbocycles. The van der Waals surface area contributed by atoms with Crippen molar-refractivity contribution in [1.82, 2.24) is 15.0 Å². The number of halogens is 2. The van der Waals surface area contributed by atoms with Crippen LogP contribution in [0.4, 0.5) is 4.39 Å². The van der Waals surface area contributed by atoms with Crippen molar-refractivity contribution in [2.75, 3.05) is 13.1 Å². The Morgan fingerprint density at radius 3 is 2.86 bits per heavy atom. The first-order valence-electron chi connectivity index (χ1n) is 9.55. The van der Waals surface area contributed by atoms with Crippen LogP contribution in [0, 0.1) is 25.6 Å². The average molecular weight is 400 g/mol. The van der Waals surface area contributed by atoms with Crippen LogP contribution >= 0.6 is 11.6 Å². The SMILES string of the molecule is Cc1noc(C)c1-c1cccc(CC2CCN(Cc3ccc(Cl)cc3F)C2)n1. The number of hydrogen-bond donors (Lipinski definition) is 0. The lowest BCUT2D eigenvalue weighted by Gasteiger charge is -2.16. The van der Waals surface area contributed by atoms with Crippen molar-refractivity contribution in [3.05, 3.63) is 69.9 Å². The number of benzene rings is 1. The molecule has 2 aromatic heterocycles. The van der Waals surface area contributed by atoms with Crippen molar-refractivity contribution < 1.29 is 8.91 Å². The van der Waals surface area contributed by atoms with E-state index in [1.165, 1.54) is 6.07 Å². The third-order valence-corrected chi connectivity index (χ3v) is 5.61. The lowest BCUT2D eigenvalue weighted by molar-refractivity contribution is 0.311. The summed E-state index contributed by atoms with van der Waals surface area (Å²) in [6, 6.07) is 11.0. The molecule has 146 valence electrons. The van der Waals surface area contributed by atoms with Gasteiger partial charge in [-0.15, -0.1) is 0 Å². The number of aromatic nitrogens is 2. The first-order chi connectivity index (χ1) is 13.5. The van der Waals surface area contributed by atoms with Gasteiger partial charge in [-0.25, -0.2) is 4.39 Å². The Bertz CT molecular complexity index is 968. The third-order valence-electron chi connectivity index (χ3n) is 5.37. The van der Waals surface area contributed by atoms with Gasteiger partial charge in [0.1, 0.15) is 11.6 Å². The molecule has 0 aliphatic carbocycles. The molecular weight excluding hydrogens is 377 g/mol. The molecular formula is C22H23ClFN3O. The minimum Gasteiger partial charge on any atom is -0.361 e. The topological polar surface area (TPSA) is 42.2 Å². The second kappa shape index (κ2) is 8.02. The highest BCUT2D eigenvalue weighted by Crippen LogP contribution is 2.27. The number of nitrogens with zero attached hydrogens (tertiary/aromatic N) is 3. The summed E-state index contributed by atoms with van der Waals surface area (Å²) in [6.07, 6.45) is 2.00. The standard InChI is InChI=1S/C22H23ClFN3O/c1-14-22(15(2)28-26-14)21-5-3-4-19(25-21)10-16-8-9-27(12-16)13-17-6-7-18(23)11-20(17)24/h3-7,11,16H,8-10,12-13H2,1-2H3. The number of pyridine rings is 1. The highest BCUT2D eigenvalue weighted by atomic mass is 35.5. The second-order valence-corrected chi connectivity index (χ2v) is 7.98. The van der Waals surface area contributed by atoms with Crippen LogP contribution in [0.15, 0.2) is 40.9 Å². The van der Waals surface area contributed by atoms with E-state index in [1.807, 2.05) is 26.0 Å². The summed E-state index contributed by atoms with van der Waals surface area (Å²) in [5.41, 5.74) is 4.52. The Hall–Kier alpha value is -2.24. The summed E-state index contributed by atoms with van der Waals surface area (Å²) in [4.78, 5) is 7.14. The van der Waals surface area contributed by atoms with E-state index in [2.05, 4.69) is 16.1 Å². The summed E-state index contributed by atoms with van der Waals surface area (Å²) in [6.45, 7) is 6.38. The Balaban J connectivity index is 1.41. The summed E-state index contributed by atoms with van der Waals surface area (Å²) in [5, 5.41) is 4.46. The average Bonchev–Trinajstić information content (AvgIpc) is 3.23. The predicted octanol–water partition coefficient (Wildman–Crippen LogP) is 5.21. The van der Waals surface area contributed by atoms with Gasteiger partial charge < -0.3 is 4.52 Å². The fraction of sp³-hybridized carbons (Fsp3) is 0.364. The molecule has 1 aliphatic rings. The molecule has 0 N–H and O–H groups in total. The summed E-state index contributed by atoms with van der Waals surface area (Å²) >= 11 is 5.85. The minimum atomic E-state index is -0.232. The van der Waals surface area contributed by atoms with Gasteiger partial charge in [0.05, 0.1) is 17.0 Å². The summed E-state index contributed by atoms with van der Waals surface area (Å²) in [7, 11) is 0. The van der Waals surface area contributed by atoms with E-state index < -0.39 is 0 Å². The molecule has 4 rings (SSSR count). The molecule has 3 heterocycles. The Labute approximate surface area is 169 Å². The van der Waals surface area contributed by atoms with Gasteiger partial charge in [-0.05, 0) is 63.4 Å². The molecule has 0 amide bonds. The van der Waals surface area contributed by atoms with Crippen LogP contribution in [0.2, 0.25) is 5.02 Å². The van der Waals surface area contributed by atoms with Crippen molar-refractivity contribution >= 4 is 11.6 Å². The molecule has 3 aromatic rings. The van der Waals surface area contributed by atoms with Gasteiger partial charge in [-0.1, -0.05) is 28.9 Å². The quantitative estimate of drug-likeness (QED) is 0.590. The van der Waals surface area contributed by atoms with Gasteiger partial charge in [0, 0.05) is 29.4 Å². The molecule has 1 fully saturated rings. The van der Waals surface area contributed by atoms with Crippen molar-refractivity contribution in [1.29, 1.82) is 0 Å². The molecule has 1 unspecified atom stereocenters. The summed E-state index contributed by atoms with van der Waals surface area (Å²) < 4.78 is 19.3. The lowest BCUT2D eigenvalue weighted by atomic mass is 10.0. The van der Waals surface area contributed by atoms with Crippen LogP contribution in [-0.2, 0) is 13.0 Å². The molecule has 1 atom stereocenters. The molecule has 1 aromatic carbocycles. The van der Waals surface area contributed by atoms with Crippen LogP contribution < -0.4 is 0 Å². The predicted molar refractivity (Wildman–Crippen MR) is 108 cm³/mol. The van der Waals surface area contributed by atoms with Gasteiger partial charge in [-0.3, -0.25) is 9.88 Å². The molecule has 1 aliphatic heterocycles. The van der Waals surface area contributed by atoms with E-state index in [4.69, 9.17) is 21.1 Å². The monoisotopic (exact) mass is 399 g/mol. The molecule has 0 spiro atoms. The van der Waals surface area contributed by atoms with E-state index in [1.54, 1.807) is 12.1 Å². The zero-order valence-electron chi connectivity index (χ0n) is 16.1. The fourth-order valence-electron chi connectivity index (χ4n) is 3.99. The van der Waals surface area contributed by atoms with Gasteiger partial charge >= 0.3 is 0 Å². The molecule has 4 nitrogen and oxygen atoms in total. The van der Waals surface area contributed by atoms with Crippen LogP contribution in [0.1, 0.15) is 29.1 Å². The van der Waals surface area contributed by atoms with Gasteiger partial charge in [0.15, 0.2) is 0 Å². The number of aryl methyl sites for hydroxylation is 2. The van der Waals surface area contributed by atoms with Crippen LogP contribution in [0.5, 0.6) is 0 Å². The molecule has 0 bridgehead atoms. The van der Waals surface area contributed by atoms with Gasteiger partial charge in [-0.2, -0.15) is 0 Å². The maximum atomic E-state index is 14.1. The van der Waals surface area contributed by atoms with Crippen molar-refractivity contribution in [3.8, 4) is 11.3 Å². The van der Waals surface area contributed by atoms with Gasteiger partial charge in [0.25, 0.3) is 0 Å². The van der Waals surface area contributed by atoms with Crippen molar-refractivity contribution in [2.24, 2.45) is 5.92 Å². The zero-order valence-corrected chi connectivity index (χ0v) is 16.8. The Morgan fingerprint density at radius 1 is 1.25 bits per heavy atom. The third kappa shape index (κ3) is 4.10. The maximum absolute atomic E-state index is 14.1. The number of rotatable bonds is 5. The van der Waals surface area contributed by atoms with Crippen LogP contribution in [0.3, 0.4) is 0 Å². The highest BCUT2D eigenvalue weighted by molar-refractivity contribution is 6.30. The first-order valence-corrected chi connectivity index (χ1v) is 9.93. The molecule has 6 heteroatoms. The zero-order chi connectivity index (χ0) is 19.7. The Kier molecular flexibility index (Phi) is 5.47. The molecule has 1 saturated heterocycles. The first kappa shape index (κ1) is 19.1. The Morgan fingerprint density at radius 2 is 2.11 bits per heavy atom. The van der Waals surface area contributed by atoms with Crippen molar-refractivity contribution in [2.45, 2.75) is 33.2 Å². The van der Waals surface area contributed by atoms with Gasteiger partial charge in [0.2, 0.25) is 0 Å². The van der Waals surface area contributed by atoms with Crippen LogP contribution in [0.25, 0.3) is 11.3 Å². The van der Waals surface area contributed by atoms with Crippen molar-refractivity contribution in [3.63, 3.8) is 0 Å². The normalized spacial score (nSPS) is 17.4. The highest BCUT2D eigenvalue weighted by Gasteiger charge is 2.24. The number of hydrogen-bond acceptors (Lipinski definition) is 4. The van der Waals surface area contributed by atoms with Crippen LogP contribution in [-0.4, -0.2) is 28.1 Å². The van der Waals surface area contributed by atoms with E-state index in [-0.39, 0.29) is 5.82 Å². The molecule has 0 radical (unpaired) electrons. The maximum Gasteiger partial charge on any atom is 0.143 e. The second-order valence-electron chi connectivity index (χ2n) is 7.54. The minimum absolute atomic E-state index is 0.232. The lowest BCUT2D eigenvalue weighted by Crippen LogP contribution is -2.21. The van der Waals surface area contributed by atoms with E-state index in [0.29, 0.717) is 23.0 Å². The largest absolute Gasteiger partial charge is 0.361 e. The smallest absolute Gasteiger partial charge is 0.143 e. The van der Waals surface area contributed by atoms with E-state index in [9.17, 15) is 4.39 Å². The molecule has 28 heavy (non-hydrogen) atoms. The summed E-state index contributed by atoms with van der Waals surface area (Å²) in [5.74, 6) is 1.08. The van der Waals surface area contributed by atoms with E-state index in [0.717, 1.165) is 54.3 Å². The van der Waals surface area contributed by atoms with E-state index >= 15 is 0 Å². The fourth-order valence-corrected chi connectivity index (χ4v) is 4.15.